The Morgan fingerprint density at radius 1 is 1.17 bits per heavy atom. The zero-order valence-corrected chi connectivity index (χ0v) is 20.6. The van der Waals surface area contributed by atoms with Gasteiger partial charge in [0, 0.05) is 13.0 Å². The van der Waals surface area contributed by atoms with E-state index in [0.29, 0.717) is 6.42 Å². The van der Waals surface area contributed by atoms with Crippen LogP contribution in [0.15, 0.2) is 36.4 Å². The minimum absolute atomic E-state index is 0.0855. The molecule has 10 heteroatoms. The average Bonchev–Trinajstić information content (AvgIpc) is 3.39. The Balaban J connectivity index is 1.66. The van der Waals surface area contributed by atoms with E-state index in [1.807, 2.05) is 57.2 Å². The molecule has 0 unspecified atom stereocenters. The molecule has 10 nitrogen and oxygen atoms in total. The van der Waals surface area contributed by atoms with Crippen LogP contribution < -0.4 is 10.6 Å². The van der Waals surface area contributed by atoms with Crippen LogP contribution in [0.3, 0.4) is 0 Å². The molecule has 4 rings (SSSR count). The van der Waals surface area contributed by atoms with Crippen LogP contribution in [0.25, 0.3) is 11.0 Å². The number of rotatable bonds is 8. The first-order valence-electron chi connectivity index (χ1n) is 12.2. The lowest BCUT2D eigenvalue weighted by Crippen LogP contribution is -2.52. The van der Waals surface area contributed by atoms with Crippen LogP contribution in [0.5, 0.6) is 0 Å². The summed E-state index contributed by atoms with van der Waals surface area (Å²) in [5.74, 6) is -2.49. The van der Waals surface area contributed by atoms with Crippen molar-refractivity contribution in [1.82, 2.24) is 30.5 Å². The third-order valence-corrected chi connectivity index (χ3v) is 7.20. The lowest BCUT2D eigenvalue weighted by atomic mass is 9.70. The molecule has 1 aromatic heterocycles. The van der Waals surface area contributed by atoms with Crippen LogP contribution in [0, 0.1) is 29.6 Å². The minimum atomic E-state index is -0.839. The SMILES string of the molecule is CNC(=O)[C@H]1[C@@H]2C(=O)N([C@@H](CO)CC(C)C)[C@H](C(=O)NCn3nnc4ccccc43)[C@H]2C=C[C@H]1C. The highest BCUT2D eigenvalue weighted by Gasteiger charge is 2.57. The quantitative estimate of drug-likeness (QED) is 0.480. The third kappa shape index (κ3) is 4.54. The normalized spacial score (nSPS) is 26.7. The molecule has 2 heterocycles. The van der Waals surface area contributed by atoms with Gasteiger partial charge in [0.05, 0.1) is 30.0 Å². The highest BCUT2D eigenvalue weighted by Crippen LogP contribution is 2.45. The fourth-order valence-corrected chi connectivity index (χ4v) is 5.61. The van der Waals surface area contributed by atoms with Gasteiger partial charge in [-0.15, -0.1) is 5.10 Å². The number of carbonyl (C=O) groups excluding carboxylic acids is 3. The number of benzene rings is 1. The van der Waals surface area contributed by atoms with Crippen LogP contribution in [0.1, 0.15) is 27.2 Å². The van der Waals surface area contributed by atoms with Gasteiger partial charge in [-0.1, -0.05) is 50.3 Å². The van der Waals surface area contributed by atoms with Crippen LogP contribution >= 0.6 is 0 Å². The standard InChI is InChI=1S/C25H34N6O4/c1-14(2)11-16(12-32)31-22(17-10-9-15(3)20(23(33)26-4)21(17)25(31)35)24(34)27-13-30-19-8-6-5-7-18(19)28-29-30/h5-10,14-17,20-22,32H,11-13H2,1-4H3,(H,26,33)(H,27,34)/t15-,16-,17+,20-,21-,22+/m1/s1. The van der Waals surface area contributed by atoms with E-state index in [9.17, 15) is 19.5 Å². The van der Waals surface area contributed by atoms with Crippen molar-refractivity contribution >= 4 is 28.8 Å². The van der Waals surface area contributed by atoms with Crippen molar-refractivity contribution in [2.75, 3.05) is 13.7 Å². The number of fused-ring (bicyclic) bond motifs is 2. The van der Waals surface area contributed by atoms with Gasteiger partial charge in [-0.25, -0.2) is 4.68 Å². The number of hydrogen-bond donors (Lipinski definition) is 3. The summed E-state index contributed by atoms with van der Waals surface area (Å²) in [6, 6.07) is 6.08. The van der Waals surface area contributed by atoms with E-state index >= 15 is 0 Å². The molecule has 1 aliphatic heterocycles. The molecule has 1 aromatic carbocycles. The molecule has 1 aliphatic carbocycles. The lowest BCUT2D eigenvalue weighted by Gasteiger charge is -2.34. The molecule has 0 saturated carbocycles. The molecule has 0 bridgehead atoms. The summed E-state index contributed by atoms with van der Waals surface area (Å²) in [5.41, 5.74) is 1.50. The number of carbonyl (C=O) groups is 3. The monoisotopic (exact) mass is 482 g/mol. The number of likely N-dealkylation sites (tertiary alicyclic amines) is 1. The maximum Gasteiger partial charge on any atom is 0.244 e. The van der Waals surface area contributed by atoms with Gasteiger partial charge in [0.25, 0.3) is 0 Å². The van der Waals surface area contributed by atoms with E-state index in [1.54, 1.807) is 11.7 Å². The molecular formula is C25H34N6O4. The van der Waals surface area contributed by atoms with Crippen molar-refractivity contribution in [2.45, 2.75) is 45.9 Å². The second kappa shape index (κ2) is 10.2. The summed E-state index contributed by atoms with van der Waals surface area (Å²) in [4.78, 5) is 41.8. The minimum Gasteiger partial charge on any atom is -0.394 e. The lowest BCUT2D eigenvalue weighted by molar-refractivity contribution is -0.143. The zero-order valence-electron chi connectivity index (χ0n) is 20.6. The number of hydrogen-bond acceptors (Lipinski definition) is 6. The fourth-order valence-electron chi connectivity index (χ4n) is 5.61. The molecule has 1 saturated heterocycles. The van der Waals surface area contributed by atoms with Crippen LogP contribution in [-0.4, -0.2) is 68.5 Å². The second-order valence-electron chi connectivity index (χ2n) is 9.92. The van der Waals surface area contributed by atoms with Crippen molar-refractivity contribution in [3.63, 3.8) is 0 Å². The smallest absolute Gasteiger partial charge is 0.244 e. The number of para-hydroxylation sites is 1. The van der Waals surface area contributed by atoms with Crippen LogP contribution in [0.2, 0.25) is 0 Å². The molecule has 35 heavy (non-hydrogen) atoms. The Bertz CT molecular complexity index is 1130. The molecule has 2 aromatic rings. The summed E-state index contributed by atoms with van der Waals surface area (Å²) >= 11 is 0. The Labute approximate surface area is 204 Å². The largest absolute Gasteiger partial charge is 0.394 e. The molecule has 2 aliphatic rings. The molecule has 188 valence electrons. The van der Waals surface area contributed by atoms with Gasteiger partial charge in [0.15, 0.2) is 0 Å². The van der Waals surface area contributed by atoms with E-state index in [1.165, 1.54) is 4.90 Å². The van der Waals surface area contributed by atoms with Crippen molar-refractivity contribution in [3.05, 3.63) is 36.4 Å². The second-order valence-corrected chi connectivity index (χ2v) is 9.92. The number of allylic oxidation sites excluding steroid dienone is 1. The summed E-state index contributed by atoms with van der Waals surface area (Å²) < 4.78 is 1.59. The van der Waals surface area contributed by atoms with Gasteiger partial charge in [0.2, 0.25) is 17.7 Å². The topological polar surface area (TPSA) is 129 Å². The predicted molar refractivity (Wildman–Crippen MR) is 129 cm³/mol. The van der Waals surface area contributed by atoms with Gasteiger partial charge >= 0.3 is 0 Å². The summed E-state index contributed by atoms with van der Waals surface area (Å²) in [6.45, 7) is 5.76. The Hall–Kier alpha value is -3.27. The highest BCUT2D eigenvalue weighted by atomic mass is 16.3. The zero-order chi connectivity index (χ0) is 25.3. The molecule has 3 N–H and O–H groups in total. The summed E-state index contributed by atoms with van der Waals surface area (Å²) in [5, 5.41) is 24.0. The van der Waals surface area contributed by atoms with E-state index in [-0.39, 0.29) is 42.8 Å². The maximum absolute atomic E-state index is 13.8. The Kier molecular flexibility index (Phi) is 7.20. The molecule has 0 spiro atoms. The van der Waals surface area contributed by atoms with Crippen molar-refractivity contribution < 1.29 is 19.5 Å². The number of nitrogens with one attached hydrogen (secondary N) is 2. The number of nitrogens with zero attached hydrogens (tertiary/aromatic N) is 4. The summed E-state index contributed by atoms with van der Waals surface area (Å²) in [6.07, 6.45) is 4.36. The highest BCUT2D eigenvalue weighted by molar-refractivity contribution is 5.97. The van der Waals surface area contributed by atoms with Gasteiger partial charge in [-0.2, -0.15) is 0 Å². The third-order valence-electron chi connectivity index (χ3n) is 7.20. The van der Waals surface area contributed by atoms with Crippen molar-refractivity contribution in [2.24, 2.45) is 29.6 Å². The Morgan fingerprint density at radius 2 is 1.91 bits per heavy atom. The fraction of sp³-hybridized carbons (Fsp3) is 0.560. The first kappa shape index (κ1) is 24.8. The number of aliphatic hydroxyl groups is 1. The molecule has 0 radical (unpaired) electrons. The van der Waals surface area contributed by atoms with Gasteiger partial charge in [0.1, 0.15) is 18.2 Å². The van der Waals surface area contributed by atoms with Gasteiger partial charge in [-0.3, -0.25) is 14.4 Å². The predicted octanol–water partition coefficient (Wildman–Crippen LogP) is 0.923. The van der Waals surface area contributed by atoms with E-state index in [0.717, 1.165) is 11.0 Å². The Morgan fingerprint density at radius 3 is 2.60 bits per heavy atom. The number of amides is 3. The van der Waals surface area contributed by atoms with Gasteiger partial charge < -0.3 is 20.6 Å². The first-order chi connectivity index (χ1) is 16.8. The molecular weight excluding hydrogens is 448 g/mol. The van der Waals surface area contributed by atoms with Crippen molar-refractivity contribution in [3.8, 4) is 0 Å². The average molecular weight is 483 g/mol. The van der Waals surface area contributed by atoms with Gasteiger partial charge in [-0.05, 0) is 30.4 Å². The van der Waals surface area contributed by atoms with E-state index in [4.69, 9.17) is 0 Å². The summed E-state index contributed by atoms with van der Waals surface area (Å²) in [7, 11) is 1.56. The molecule has 6 atom stereocenters. The molecule has 3 amide bonds. The van der Waals surface area contributed by atoms with Crippen molar-refractivity contribution in [1.29, 1.82) is 0 Å². The van der Waals surface area contributed by atoms with E-state index < -0.39 is 29.8 Å². The van der Waals surface area contributed by atoms with Crippen LogP contribution in [-0.2, 0) is 21.1 Å². The first-order valence-corrected chi connectivity index (χ1v) is 12.2. The molecule has 1 fully saturated rings. The number of aliphatic hydroxyl groups excluding tert-OH is 1. The number of aromatic nitrogens is 3. The van der Waals surface area contributed by atoms with E-state index in [2.05, 4.69) is 20.9 Å². The van der Waals surface area contributed by atoms with Crippen LogP contribution in [0.4, 0.5) is 0 Å². The maximum atomic E-state index is 13.8.